The lowest BCUT2D eigenvalue weighted by Crippen LogP contribution is -2.31. The number of furan rings is 2. The standard InChI is InChI=1S/C21H17BO3.C21H15BrO/c1-21(2)17-9-12(22(23)24)7-8-13(17)15-10-16-14-5-3-4-6-19(14)25-20(16)11-18(15)21;1-21(2)17-9-12(22)7-8-13(17)15-10-16-14-5-3-4-6-19(14)23-20(16)11-18(15)21/h3-11,23-24H,1-2H3;3-11H,1-2H3. The van der Waals surface area contributed by atoms with Gasteiger partial charge in [0.05, 0.1) is 0 Å². The van der Waals surface area contributed by atoms with Crippen LogP contribution in [0.25, 0.3) is 66.1 Å². The molecular formula is C42H32BBrO4. The van der Waals surface area contributed by atoms with E-state index in [0.717, 1.165) is 48.7 Å². The van der Waals surface area contributed by atoms with Gasteiger partial charge in [0.25, 0.3) is 0 Å². The third kappa shape index (κ3) is 4.16. The number of para-hydroxylation sites is 2. The largest absolute Gasteiger partial charge is 0.488 e. The van der Waals surface area contributed by atoms with Crippen molar-refractivity contribution in [2.75, 3.05) is 0 Å². The van der Waals surface area contributed by atoms with Gasteiger partial charge in [0.1, 0.15) is 22.3 Å². The van der Waals surface area contributed by atoms with Gasteiger partial charge in [-0.05, 0) is 98.5 Å². The summed E-state index contributed by atoms with van der Waals surface area (Å²) in [4.78, 5) is 0. The van der Waals surface area contributed by atoms with Crippen LogP contribution < -0.4 is 5.46 Å². The maximum atomic E-state index is 9.52. The third-order valence-electron chi connectivity index (χ3n) is 10.6. The second kappa shape index (κ2) is 10.2. The van der Waals surface area contributed by atoms with E-state index < -0.39 is 7.12 Å². The highest BCUT2D eigenvalue weighted by Crippen LogP contribution is 2.52. The lowest BCUT2D eigenvalue weighted by Gasteiger charge is -2.21. The molecule has 0 bridgehead atoms. The van der Waals surface area contributed by atoms with Crippen molar-refractivity contribution >= 4 is 72.4 Å². The van der Waals surface area contributed by atoms with Gasteiger partial charge >= 0.3 is 7.12 Å². The highest BCUT2D eigenvalue weighted by Gasteiger charge is 2.38. The van der Waals surface area contributed by atoms with Crippen LogP contribution in [0.2, 0.25) is 0 Å². The fraction of sp³-hybridized carbons (Fsp3) is 0.143. The number of halogens is 1. The van der Waals surface area contributed by atoms with Crippen molar-refractivity contribution in [3.8, 4) is 22.3 Å². The van der Waals surface area contributed by atoms with E-state index in [2.05, 4.69) is 104 Å². The van der Waals surface area contributed by atoms with Crippen molar-refractivity contribution in [2.24, 2.45) is 0 Å². The first kappa shape index (κ1) is 29.5. The van der Waals surface area contributed by atoms with Crippen molar-refractivity contribution in [3.05, 3.63) is 136 Å². The lowest BCUT2D eigenvalue weighted by atomic mass is 9.75. The molecule has 2 aliphatic carbocycles. The zero-order valence-electron chi connectivity index (χ0n) is 27.1. The van der Waals surface area contributed by atoms with Crippen LogP contribution >= 0.6 is 15.9 Å². The Morgan fingerprint density at radius 1 is 0.479 bits per heavy atom. The minimum Gasteiger partial charge on any atom is -0.456 e. The topological polar surface area (TPSA) is 66.7 Å². The van der Waals surface area contributed by atoms with Crippen molar-refractivity contribution in [2.45, 2.75) is 38.5 Å². The van der Waals surface area contributed by atoms with Crippen LogP contribution in [0.3, 0.4) is 0 Å². The molecule has 0 saturated heterocycles. The molecular weight excluding hydrogens is 659 g/mol. The maximum Gasteiger partial charge on any atom is 0.488 e. The molecule has 8 aromatic rings. The maximum absolute atomic E-state index is 9.52. The van der Waals surface area contributed by atoms with Gasteiger partial charge in [-0.25, -0.2) is 0 Å². The highest BCUT2D eigenvalue weighted by molar-refractivity contribution is 9.10. The van der Waals surface area contributed by atoms with Gasteiger partial charge < -0.3 is 18.9 Å². The molecule has 6 heteroatoms. The summed E-state index contributed by atoms with van der Waals surface area (Å²) in [6, 6.07) is 37.5. The Balaban J connectivity index is 0.000000131. The summed E-state index contributed by atoms with van der Waals surface area (Å²) in [5, 5.41) is 23.7. The number of benzene rings is 6. The molecule has 0 amide bonds. The molecule has 0 spiro atoms. The summed E-state index contributed by atoms with van der Waals surface area (Å²) in [5.74, 6) is 0. The molecule has 2 N–H and O–H groups in total. The Morgan fingerprint density at radius 2 is 0.938 bits per heavy atom. The van der Waals surface area contributed by atoms with Crippen LogP contribution in [0.4, 0.5) is 0 Å². The van der Waals surface area contributed by atoms with Gasteiger partial charge in [0.15, 0.2) is 0 Å². The van der Waals surface area contributed by atoms with Crippen LogP contribution in [0.15, 0.2) is 123 Å². The van der Waals surface area contributed by atoms with Crippen LogP contribution in [0, 0.1) is 0 Å². The fourth-order valence-corrected chi connectivity index (χ4v) is 8.42. The van der Waals surface area contributed by atoms with Crippen LogP contribution in [0.1, 0.15) is 49.9 Å². The first-order chi connectivity index (χ1) is 23.0. The van der Waals surface area contributed by atoms with Gasteiger partial charge in [-0.3, -0.25) is 0 Å². The van der Waals surface area contributed by atoms with Crippen molar-refractivity contribution in [1.29, 1.82) is 0 Å². The zero-order chi connectivity index (χ0) is 33.1. The first-order valence-electron chi connectivity index (χ1n) is 16.3. The van der Waals surface area contributed by atoms with Gasteiger partial charge in [-0.1, -0.05) is 104 Å². The van der Waals surface area contributed by atoms with Gasteiger partial charge in [-0.2, -0.15) is 0 Å². The summed E-state index contributed by atoms with van der Waals surface area (Å²) in [7, 11) is -1.45. The minimum absolute atomic E-state index is 0.0123. The molecule has 48 heavy (non-hydrogen) atoms. The second-order valence-corrected chi connectivity index (χ2v) is 15.0. The van der Waals surface area contributed by atoms with E-state index in [1.54, 1.807) is 6.07 Å². The van der Waals surface area contributed by atoms with E-state index in [1.807, 2.05) is 42.5 Å². The minimum atomic E-state index is -1.45. The van der Waals surface area contributed by atoms with E-state index in [-0.39, 0.29) is 10.8 Å². The molecule has 4 nitrogen and oxygen atoms in total. The molecule has 0 atom stereocenters. The Hall–Kier alpha value is -4.62. The number of hydrogen-bond acceptors (Lipinski definition) is 4. The van der Waals surface area contributed by atoms with Crippen molar-refractivity contribution < 1.29 is 18.9 Å². The Labute approximate surface area is 286 Å². The SMILES string of the molecule is CC1(C)c2cc(B(O)O)ccc2-c2cc3c(cc21)oc1ccccc13.CC1(C)c2cc(Br)ccc2-c2cc3c(cc21)oc1ccccc13. The van der Waals surface area contributed by atoms with Crippen LogP contribution in [0.5, 0.6) is 0 Å². The molecule has 6 aromatic carbocycles. The predicted octanol–water partition coefficient (Wildman–Crippen LogP) is 10.2. The molecule has 0 fully saturated rings. The van der Waals surface area contributed by atoms with Crippen LogP contribution in [-0.4, -0.2) is 17.2 Å². The summed E-state index contributed by atoms with van der Waals surface area (Å²) in [6.45, 7) is 8.91. The number of hydrogen-bond donors (Lipinski definition) is 2. The van der Waals surface area contributed by atoms with E-state index in [4.69, 9.17) is 8.83 Å². The molecule has 0 aliphatic heterocycles. The predicted molar refractivity (Wildman–Crippen MR) is 200 cm³/mol. The van der Waals surface area contributed by atoms with Gasteiger partial charge in [-0.15, -0.1) is 0 Å². The summed E-state index contributed by atoms with van der Waals surface area (Å²) < 4.78 is 13.3. The Kier molecular flexibility index (Phi) is 6.27. The first-order valence-corrected chi connectivity index (χ1v) is 17.0. The molecule has 0 saturated carbocycles. The molecule has 234 valence electrons. The third-order valence-corrected chi connectivity index (χ3v) is 11.1. The van der Waals surface area contributed by atoms with Gasteiger partial charge in [0, 0.05) is 36.8 Å². The fourth-order valence-electron chi connectivity index (χ4n) is 8.06. The molecule has 2 aliphatic rings. The zero-order valence-corrected chi connectivity index (χ0v) is 28.6. The Bertz CT molecular complexity index is 2620. The highest BCUT2D eigenvalue weighted by atomic mass is 79.9. The average Bonchev–Trinajstić information content (AvgIpc) is 3.75. The number of rotatable bonds is 1. The second-order valence-electron chi connectivity index (χ2n) is 14.1. The molecule has 0 radical (unpaired) electrons. The Morgan fingerprint density at radius 3 is 1.46 bits per heavy atom. The lowest BCUT2D eigenvalue weighted by molar-refractivity contribution is 0.425. The summed E-state index contributed by atoms with van der Waals surface area (Å²) in [6.07, 6.45) is 0. The number of fused-ring (bicyclic) bond motifs is 12. The molecule has 10 rings (SSSR count). The molecule has 0 unspecified atom stereocenters. The van der Waals surface area contributed by atoms with E-state index in [0.29, 0.717) is 5.46 Å². The van der Waals surface area contributed by atoms with Crippen molar-refractivity contribution in [3.63, 3.8) is 0 Å². The molecule has 2 heterocycles. The van der Waals surface area contributed by atoms with E-state index in [1.165, 1.54) is 44.2 Å². The average molecular weight is 691 g/mol. The normalized spacial score (nSPS) is 14.9. The van der Waals surface area contributed by atoms with Crippen molar-refractivity contribution in [1.82, 2.24) is 0 Å². The van der Waals surface area contributed by atoms with E-state index in [9.17, 15) is 10.0 Å². The summed E-state index contributed by atoms with van der Waals surface area (Å²) >= 11 is 3.61. The van der Waals surface area contributed by atoms with Gasteiger partial charge in [0.2, 0.25) is 0 Å². The molecule has 2 aromatic heterocycles. The quantitative estimate of drug-likeness (QED) is 0.168. The monoisotopic (exact) mass is 690 g/mol. The summed E-state index contributed by atoms with van der Waals surface area (Å²) in [5.41, 5.74) is 14.1. The van der Waals surface area contributed by atoms with Crippen LogP contribution in [-0.2, 0) is 10.8 Å². The smallest absolute Gasteiger partial charge is 0.456 e. The van der Waals surface area contributed by atoms with E-state index >= 15 is 0 Å².